The molecular formula is C9H7N3O2. The molecule has 1 aliphatic carbocycles. The lowest BCUT2D eigenvalue weighted by Gasteiger charge is -1.84. The minimum atomic E-state index is -0.371. The zero-order valence-electron chi connectivity index (χ0n) is 7.23. The van der Waals surface area contributed by atoms with Gasteiger partial charge in [0, 0.05) is 5.39 Å². The molecule has 0 saturated heterocycles. The standard InChI is InChI=1S/C9H4N2O2.H3N/c12-11(13)9-7-5-3-1-2-4-6(5)10-8(7)9;/h1-4H;1H3. The van der Waals surface area contributed by atoms with Gasteiger partial charge in [-0.05, 0) is 6.07 Å². The fourth-order valence-corrected chi connectivity index (χ4v) is 1.61. The Kier molecular flexibility index (Phi) is 1.53. The van der Waals surface area contributed by atoms with E-state index < -0.39 is 0 Å². The van der Waals surface area contributed by atoms with Gasteiger partial charge in [-0.2, -0.15) is 0 Å². The summed E-state index contributed by atoms with van der Waals surface area (Å²) in [6.45, 7) is 0. The quantitative estimate of drug-likeness (QED) is 0.469. The van der Waals surface area contributed by atoms with Crippen LogP contribution in [0.5, 0.6) is 0 Å². The number of hydrogen-bond acceptors (Lipinski definition) is 4. The Bertz CT molecular complexity index is 551. The summed E-state index contributed by atoms with van der Waals surface area (Å²) in [6, 6.07) is 7.46. The molecule has 5 nitrogen and oxygen atoms in total. The molecule has 0 bridgehead atoms. The highest BCUT2D eigenvalue weighted by atomic mass is 16.6. The molecule has 0 radical (unpaired) electrons. The number of para-hydroxylation sites is 1. The van der Waals surface area contributed by atoms with Crippen molar-refractivity contribution >= 4 is 16.6 Å². The van der Waals surface area contributed by atoms with Gasteiger partial charge in [0.25, 0.3) is 0 Å². The molecule has 1 aliphatic heterocycles. The van der Waals surface area contributed by atoms with Crippen LogP contribution in [0, 0.1) is 10.1 Å². The molecule has 0 saturated carbocycles. The minimum absolute atomic E-state index is 0. The van der Waals surface area contributed by atoms with Crippen molar-refractivity contribution in [2.45, 2.75) is 0 Å². The molecule has 0 unspecified atom stereocenters. The Morgan fingerprint density at radius 1 is 1.29 bits per heavy atom. The maximum absolute atomic E-state index is 10.5. The van der Waals surface area contributed by atoms with Crippen molar-refractivity contribution in [3.05, 3.63) is 34.4 Å². The average molecular weight is 189 g/mol. The smallest absolute Gasteiger partial charge is 0.306 e. The van der Waals surface area contributed by atoms with Crippen molar-refractivity contribution in [3.63, 3.8) is 0 Å². The van der Waals surface area contributed by atoms with Gasteiger partial charge in [-0.1, -0.05) is 18.2 Å². The van der Waals surface area contributed by atoms with Crippen molar-refractivity contribution < 1.29 is 4.92 Å². The lowest BCUT2D eigenvalue weighted by Crippen LogP contribution is -1.79. The molecule has 3 N–H and O–H groups in total. The molecule has 70 valence electrons. The molecule has 3 rings (SSSR count). The molecule has 0 atom stereocenters. The van der Waals surface area contributed by atoms with Crippen molar-refractivity contribution in [2.24, 2.45) is 0 Å². The molecule has 0 aromatic heterocycles. The first-order valence-electron chi connectivity index (χ1n) is 3.86. The second kappa shape index (κ2) is 2.49. The van der Waals surface area contributed by atoms with Crippen LogP contribution >= 0.6 is 0 Å². The van der Waals surface area contributed by atoms with E-state index in [4.69, 9.17) is 0 Å². The predicted molar refractivity (Wildman–Crippen MR) is 52.4 cm³/mol. The fourth-order valence-electron chi connectivity index (χ4n) is 1.61. The average Bonchev–Trinajstić information content (AvgIpc) is 2.71. The zero-order chi connectivity index (χ0) is 9.00. The summed E-state index contributed by atoms with van der Waals surface area (Å²) < 4.78 is 0. The van der Waals surface area contributed by atoms with E-state index in [1.54, 1.807) is 0 Å². The second-order valence-electron chi connectivity index (χ2n) is 2.96. The van der Waals surface area contributed by atoms with E-state index in [1.807, 2.05) is 24.3 Å². The van der Waals surface area contributed by atoms with Gasteiger partial charge in [-0.25, -0.2) is 4.98 Å². The summed E-state index contributed by atoms with van der Waals surface area (Å²) in [5, 5.41) is 11.3. The first-order chi connectivity index (χ1) is 6.29. The molecule has 14 heavy (non-hydrogen) atoms. The Morgan fingerprint density at radius 3 is 2.71 bits per heavy atom. The number of aromatic nitrogens is 1. The molecular weight excluding hydrogens is 182 g/mol. The Balaban J connectivity index is 0.000000750. The molecule has 1 heterocycles. The van der Waals surface area contributed by atoms with Crippen LogP contribution in [0.3, 0.4) is 0 Å². The molecule has 1 aromatic rings. The summed E-state index contributed by atoms with van der Waals surface area (Å²) in [4.78, 5) is 14.2. The van der Waals surface area contributed by atoms with Gasteiger partial charge in [0.15, 0.2) is 5.69 Å². The van der Waals surface area contributed by atoms with E-state index in [1.165, 1.54) is 0 Å². The van der Waals surface area contributed by atoms with Crippen molar-refractivity contribution in [1.29, 1.82) is 0 Å². The summed E-state index contributed by atoms with van der Waals surface area (Å²) in [6.07, 6.45) is 0. The van der Waals surface area contributed by atoms with E-state index in [0.29, 0.717) is 5.69 Å². The van der Waals surface area contributed by atoms with E-state index in [2.05, 4.69) is 4.98 Å². The van der Waals surface area contributed by atoms with E-state index in [9.17, 15) is 10.1 Å². The largest absolute Gasteiger partial charge is 0.344 e. The monoisotopic (exact) mass is 189 g/mol. The maximum atomic E-state index is 10.5. The van der Waals surface area contributed by atoms with Crippen LogP contribution in [0.25, 0.3) is 22.2 Å². The number of nitro groups is 1. The van der Waals surface area contributed by atoms with Gasteiger partial charge in [0.05, 0.1) is 16.0 Å². The molecule has 1 aromatic carbocycles. The van der Waals surface area contributed by atoms with Crippen LogP contribution in [0.1, 0.15) is 0 Å². The maximum Gasteiger partial charge on any atom is 0.306 e. The van der Waals surface area contributed by atoms with E-state index in [0.717, 1.165) is 16.5 Å². The van der Waals surface area contributed by atoms with E-state index >= 15 is 0 Å². The van der Waals surface area contributed by atoms with Crippen LogP contribution in [0.2, 0.25) is 0 Å². The highest BCUT2D eigenvalue weighted by molar-refractivity contribution is 6.14. The third-order valence-electron chi connectivity index (χ3n) is 2.22. The highest BCUT2D eigenvalue weighted by Crippen LogP contribution is 2.53. The Morgan fingerprint density at radius 2 is 2.00 bits per heavy atom. The Labute approximate surface area is 79.1 Å². The second-order valence-corrected chi connectivity index (χ2v) is 2.96. The molecule has 0 amide bonds. The molecule has 0 spiro atoms. The van der Waals surface area contributed by atoms with Crippen LogP contribution in [-0.2, 0) is 0 Å². The molecule has 0 fully saturated rings. The predicted octanol–water partition coefficient (Wildman–Crippen LogP) is 2.29. The van der Waals surface area contributed by atoms with Crippen LogP contribution in [-0.4, -0.2) is 9.91 Å². The first kappa shape index (κ1) is 8.58. The van der Waals surface area contributed by atoms with Crippen LogP contribution in [0.4, 0.5) is 5.69 Å². The van der Waals surface area contributed by atoms with Crippen molar-refractivity contribution in [2.75, 3.05) is 0 Å². The third kappa shape index (κ3) is 0.841. The highest BCUT2D eigenvalue weighted by Gasteiger charge is 2.41. The number of rotatable bonds is 1. The number of pyridine rings is 1. The van der Waals surface area contributed by atoms with Crippen LogP contribution < -0.4 is 6.15 Å². The van der Waals surface area contributed by atoms with Crippen LogP contribution in [0.15, 0.2) is 24.3 Å². The normalized spacial score (nSPS) is 10.9. The summed E-state index contributed by atoms with van der Waals surface area (Å²) in [5.41, 5.74) is 2.32. The van der Waals surface area contributed by atoms with Gasteiger partial charge < -0.3 is 6.15 Å². The summed E-state index contributed by atoms with van der Waals surface area (Å²) >= 11 is 0. The topological polar surface area (TPSA) is 91.0 Å². The third-order valence-corrected chi connectivity index (χ3v) is 2.22. The van der Waals surface area contributed by atoms with E-state index in [-0.39, 0.29) is 16.8 Å². The summed E-state index contributed by atoms with van der Waals surface area (Å²) in [5.74, 6) is 0. The lowest BCUT2D eigenvalue weighted by molar-refractivity contribution is -0.379. The lowest BCUT2D eigenvalue weighted by atomic mass is 10.2. The summed E-state index contributed by atoms with van der Waals surface area (Å²) in [7, 11) is 0. The van der Waals surface area contributed by atoms with Gasteiger partial charge in [-0.15, -0.1) is 0 Å². The van der Waals surface area contributed by atoms with Gasteiger partial charge >= 0.3 is 5.69 Å². The first-order valence-corrected chi connectivity index (χ1v) is 3.86. The van der Waals surface area contributed by atoms with Gasteiger partial charge in [-0.3, -0.25) is 10.1 Å². The van der Waals surface area contributed by atoms with Gasteiger partial charge in [0.1, 0.15) is 0 Å². The fraction of sp³-hybridized carbons (Fsp3) is 0. The van der Waals surface area contributed by atoms with Crippen molar-refractivity contribution in [1.82, 2.24) is 11.1 Å². The minimum Gasteiger partial charge on any atom is -0.344 e. The molecule has 5 heteroatoms. The van der Waals surface area contributed by atoms with Gasteiger partial charge in [0.2, 0.25) is 0 Å². The Hall–Kier alpha value is -2.01. The number of benzene rings is 1. The number of hydrogen-bond donors (Lipinski definition) is 1. The van der Waals surface area contributed by atoms with Crippen molar-refractivity contribution in [3.8, 4) is 11.3 Å². The zero-order valence-corrected chi connectivity index (χ0v) is 7.23. The number of fused-ring (bicyclic) bond motifs is 3. The number of nitrogens with zero attached hydrogens (tertiary/aromatic N) is 2. The molecule has 2 aliphatic rings. The SMILES string of the molecule is N.O=[N+]([O-])c1c2nc3ccccc3c1-2.